The highest BCUT2D eigenvalue weighted by Gasteiger charge is 2.52. The number of nitrogens with zero attached hydrogens (tertiary/aromatic N) is 1. The monoisotopic (exact) mass is 302 g/mol. The van der Waals surface area contributed by atoms with E-state index in [0.29, 0.717) is 24.2 Å². The molecule has 0 bridgehead atoms. The Balaban J connectivity index is 1.73. The maximum atomic E-state index is 12.5. The molecule has 1 saturated heterocycles. The summed E-state index contributed by atoms with van der Waals surface area (Å²) in [5.41, 5.74) is -0.314. The highest BCUT2D eigenvalue weighted by molar-refractivity contribution is 6.11. The van der Waals surface area contributed by atoms with Gasteiger partial charge in [-0.2, -0.15) is 0 Å². The minimum absolute atomic E-state index is 0.223. The molecular formula is C16H18N2O4. The average Bonchev–Trinajstić information content (AvgIpc) is 3.09. The smallest absolute Gasteiger partial charge is 0.325 e. The number of nitrogens with one attached hydrogen (secondary N) is 1. The van der Waals surface area contributed by atoms with Gasteiger partial charge in [0.1, 0.15) is 11.3 Å². The number of imide groups is 1. The zero-order valence-corrected chi connectivity index (χ0v) is 12.4. The number of ether oxygens (including phenoxy) is 1. The first-order chi connectivity index (χ1) is 10.6. The number of rotatable bonds is 4. The van der Waals surface area contributed by atoms with Crippen LogP contribution in [0.1, 0.15) is 36.0 Å². The van der Waals surface area contributed by atoms with E-state index in [1.807, 2.05) is 0 Å². The lowest BCUT2D eigenvalue weighted by molar-refractivity contribution is -0.130. The average molecular weight is 302 g/mol. The van der Waals surface area contributed by atoms with Crippen molar-refractivity contribution in [3.05, 3.63) is 29.8 Å². The summed E-state index contributed by atoms with van der Waals surface area (Å²) in [6.45, 7) is -0.223. The first-order valence-electron chi connectivity index (χ1n) is 7.37. The Kier molecular flexibility index (Phi) is 3.60. The summed E-state index contributed by atoms with van der Waals surface area (Å²) in [5.74, 6) is 0.120. The number of urea groups is 1. The third-order valence-electron chi connectivity index (χ3n) is 4.42. The van der Waals surface area contributed by atoms with Gasteiger partial charge in [-0.15, -0.1) is 0 Å². The van der Waals surface area contributed by atoms with Crippen LogP contribution in [0.4, 0.5) is 4.79 Å². The molecule has 3 amide bonds. The summed E-state index contributed by atoms with van der Waals surface area (Å²) in [5, 5.41) is 2.77. The molecule has 1 heterocycles. The normalized spacial score (nSPS) is 19.6. The highest BCUT2D eigenvalue weighted by Crippen LogP contribution is 2.35. The van der Waals surface area contributed by atoms with Gasteiger partial charge in [0.05, 0.1) is 13.7 Å². The van der Waals surface area contributed by atoms with Crippen LogP contribution in [0.15, 0.2) is 24.3 Å². The highest BCUT2D eigenvalue weighted by atomic mass is 16.5. The molecule has 0 atom stereocenters. The van der Waals surface area contributed by atoms with Crippen molar-refractivity contribution >= 4 is 17.7 Å². The molecule has 22 heavy (non-hydrogen) atoms. The van der Waals surface area contributed by atoms with Crippen LogP contribution >= 0.6 is 0 Å². The molecule has 1 spiro atoms. The predicted molar refractivity (Wildman–Crippen MR) is 78.8 cm³/mol. The van der Waals surface area contributed by atoms with E-state index < -0.39 is 11.6 Å². The quantitative estimate of drug-likeness (QED) is 0.679. The van der Waals surface area contributed by atoms with E-state index in [0.717, 1.165) is 17.7 Å². The lowest BCUT2D eigenvalue weighted by Gasteiger charge is -2.19. The molecule has 1 aromatic rings. The summed E-state index contributed by atoms with van der Waals surface area (Å²) in [4.78, 5) is 37.8. The van der Waals surface area contributed by atoms with Crippen LogP contribution in [-0.2, 0) is 4.79 Å². The standard InChI is InChI=1S/C16H18N2O4/c1-22-12-6-4-11(5-7-12)13(19)10-18-14(20)16(17-15(18)21)8-2-3-9-16/h4-7H,2-3,8-10H2,1H3,(H,17,21). The van der Waals surface area contributed by atoms with Gasteiger partial charge < -0.3 is 10.1 Å². The van der Waals surface area contributed by atoms with Gasteiger partial charge in [0, 0.05) is 5.56 Å². The van der Waals surface area contributed by atoms with Crippen molar-refractivity contribution in [1.29, 1.82) is 0 Å². The molecule has 2 fully saturated rings. The number of benzene rings is 1. The lowest BCUT2D eigenvalue weighted by atomic mass is 9.98. The number of hydrogen-bond acceptors (Lipinski definition) is 4. The maximum Gasteiger partial charge on any atom is 0.325 e. The van der Waals surface area contributed by atoms with E-state index in [-0.39, 0.29) is 18.2 Å². The van der Waals surface area contributed by atoms with Gasteiger partial charge in [-0.1, -0.05) is 12.8 Å². The first kappa shape index (κ1) is 14.6. The van der Waals surface area contributed by atoms with Crippen LogP contribution in [0.5, 0.6) is 5.75 Å². The van der Waals surface area contributed by atoms with Crippen LogP contribution in [0.2, 0.25) is 0 Å². The van der Waals surface area contributed by atoms with Crippen LogP contribution in [-0.4, -0.2) is 41.8 Å². The fourth-order valence-corrected chi connectivity index (χ4v) is 3.15. The van der Waals surface area contributed by atoms with Gasteiger partial charge in [0.25, 0.3) is 5.91 Å². The van der Waals surface area contributed by atoms with Gasteiger partial charge in [0.15, 0.2) is 5.78 Å². The van der Waals surface area contributed by atoms with Crippen LogP contribution in [0.25, 0.3) is 0 Å². The summed E-state index contributed by atoms with van der Waals surface area (Å²) < 4.78 is 5.04. The second-order valence-corrected chi connectivity index (χ2v) is 5.76. The number of ketones is 1. The maximum absolute atomic E-state index is 12.5. The Hall–Kier alpha value is -2.37. The number of amides is 3. The summed E-state index contributed by atoms with van der Waals surface area (Å²) in [7, 11) is 1.55. The van der Waals surface area contributed by atoms with Crippen molar-refractivity contribution in [1.82, 2.24) is 10.2 Å². The molecule has 0 radical (unpaired) electrons. The predicted octanol–water partition coefficient (Wildman–Crippen LogP) is 1.74. The van der Waals surface area contributed by atoms with Crippen molar-refractivity contribution in [2.24, 2.45) is 0 Å². The molecule has 1 aliphatic carbocycles. The number of methoxy groups -OCH3 is 1. The minimum atomic E-state index is -0.767. The lowest BCUT2D eigenvalue weighted by Crippen LogP contribution is -2.44. The van der Waals surface area contributed by atoms with Gasteiger partial charge in [-0.05, 0) is 37.1 Å². The van der Waals surface area contributed by atoms with E-state index in [1.165, 1.54) is 0 Å². The summed E-state index contributed by atoms with van der Waals surface area (Å²) in [6, 6.07) is 6.15. The molecule has 1 aromatic carbocycles. The Morgan fingerprint density at radius 3 is 2.45 bits per heavy atom. The summed E-state index contributed by atoms with van der Waals surface area (Å²) in [6.07, 6.45) is 3.16. The van der Waals surface area contributed by atoms with Gasteiger partial charge in [-0.25, -0.2) is 4.79 Å². The van der Waals surface area contributed by atoms with Crippen molar-refractivity contribution in [3.8, 4) is 5.75 Å². The number of hydrogen-bond donors (Lipinski definition) is 1. The molecule has 0 aromatic heterocycles. The Morgan fingerprint density at radius 1 is 1.23 bits per heavy atom. The van der Waals surface area contributed by atoms with Gasteiger partial charge in [0.2, 0.25) is 0 Å². The fourth-order valence-electron chi connectivity index (χ4n) is 3.15. The molecule has 0 unspecified atom stereocenters. The Morgan fingerprint density at radius 2 is 1.86 bits per heavy atom. The largest absolute Gasteiger partial charge is 0.497 e. The minimum Gasteiger partial charge on any atom is -0.497 e. The Bertz CT molecular complexity index is 618. The molecular weight excluding hydrogens is 284 g/mol. The van der Waals surface area contributed by atoms with Gasteiger partial charge >= 0.3 is 6.03 Å². The number of Topliss-reactive ketones (excluding diaryl/α,β-unsaturated/α-hetero) is 1. The molecule has 6 nitrogen and oxygen atoms in total. The first-order valence-corrected chi connectivity index (χ1v) is 7.37. The zero-order chi connectivity index (χ0) is 15.7. The zero-order valence-electron chi connectivity index (χ0n) is 12.4. The number of carbonyl (C=O) groups is 3. The SMILES string of the molecule is COc1ccc(C(=O)CN2C(=O)NC3(CCCC3)C2=O)cc1. The van der Waals surface area contributed by atoms with Crippen molar-refractivity contribution in [3.63, 3.8) is 0 Å². The van der Waals surface area contributed by atoms with E-state index in [2.05, 4.69) is 5.32 Å². The van der Waals surface area contributed by atoms with Crippen LogP contribution < -0.4 is 10.1 Å². The van der Waals surface area contributed by atoms with E-state index >= 15 is 0 Å². The molecule has 2 aliphatic rings. The molecule has 3 rings (SSSR count). The van der Waals surface area contributed by atoms with Crippen molar-refractivity contribution < 1.29 is 19.1 Å². The Labute approximate surface area is 128 Å². The molecule has 6 heteroatoms. The van der Waals surface area contributed by atoms with Crippen molar-refractivity contribution in [2.45, 2.75) is 31.2 Å². The third-order valence-corrected chi connectivity index (χ3v) is 4.42. The number of carbonyl (C=O) groups excluding carboxylic acids is 3. The van der Waals surface area contributed by atoms with Crippen molar-refractivity contribution in [2.75, 3.05) is 13.7 Å². The molecule has 1 saturated carbocycles. The van der Waals surface area contributed by atoms with Gasteiger partial charge in [-0.3, -0.25) is 14.5 Å². The summed E-state index contributed by atoms with van der Waals surface area (Å²) >= 11 is 0. The van der Waals surface area contributed by atoms with E-state index in [1.54, 1.807) is 31.4 Å². The van der Waals surface area contributed by atoms with E-state index in [9.17, 15) is 14.4 Å². The molecule has 1 aliphatic heterocycles. The topological polar surface area (TPSA) is 75.7 Å². The van der Waals surface area contributed by atoms with Crippen LogP contribution in [0, 0.1) is 0 Å². The molecule has 1 N–H and O–H groups in total. The fraction of sp³-hybridized carbons (Fsp3) is 0.438. The molecule has 116 valence electrons. The second kappa shape index (κ2) is 5.44. The van der Waals surface area contributed by atoms with Crippen LogP contribution in [0.3, 0.4) is 0 Å². The second-order valence-electron chi connectivity index (χ2n) is 5.76. The third kappa shape index (κ3) is 2.34. The van der Waals surface area contributed by atoms with E-state index in [4.69, 9.17) is 4.74 Å².